The summed E-state index contributed by atoms with van der Waals surface area (Å²) in [6.07, 6.45) is 7.70. The molecular weight excluding hydrogens is 218 g/mol. The molecule has 0 N–H and O–H groups in total. The standard InChI is InChI=1S/C12H9N3O2/c16-12(11-2-1-5-14-9-11)17-15-8-10-3-6-13-7-4-10/h1-9H/b15-8+. The highest BCUT2D eigenvalue weighted by molar-refractivity contribution is 5.89. The fraction of sp³-hybridized carbons (Fsp3) is 0. The molecule has 0 saturated heterocycles. The number of hydrogen-bond donors (Lipinski definition) is 0. The van der Waals surface area contributed by atoms with Crippen LogP contribution in [-0.2, 0) is 4.84 Å². The minimum absolute atomic E-state index is 0.361. The highest BCUT2D eigenvalue weighted by atomic mass is 16.7. The first-order chi connectivity index (χ1) is 8.36. The largest absolute Gasteiger partial charge is 0.367 e. The molecular formula is C12H9N3O2. The molecule has 0 aliphatic carbocycles. The van der Waals surface area contributed by atoms with Gasteiger partial charge in [-0.15, -0.1) is 0 Å². The van der Waals surface area contributed by atoms with Crippen LogP contribution >= 0.6 is 0 Å². The Kier molecular flexibility index (Phi) is 3.54. The van der Waals surface area contributed by atoms with Crippen molar-refractivity contribution in [1.29, 1.82) is 0 Å². The number of carbonyl (C=O) groups is 1. The van der Waals surface area contributed by atoms with Crippen molar-refractivity contribution in [3.63, 3.8) is 0 Å². The summed E-state index contributed by atoms with van der Waals surface area (Å²) in [6, 6.07) is 6.77. The first-order valence-corrected chi connectivity index (χ1v) is 4.91. The molecule has 84 valence electrons. The van der Waals surface area contributed by atoms with Gasteiger partial charge in [-0.3, -0.25) is 9.97 Å². The maximum Gasteiger partial charge on any atom is 0.367 e. The zero-order valence-corrected chi connectivity index (χ0v) is 8.85. The Balaban J connectivity index is 1.95. The molecule has 0 radical (unpaired) electrons. The average Bonchev–Trinajstić information content (AvgIpc) is 2.41. The molecule has 0 fully saturated rings. The smallest absolute Gasteiger partial charge is 0.313 e. The van der Waals surface area contributed by atoms with Crippen LogP contribution in [0.2, 0.25) is 0 Å². The molecule has 0 atom stereocenters. The molecule has 2 heterocycles. The number of rotatable bonds is 3. The summed E-state index contributed by atoms with van der Waals surface area (Å²) in [4.78, 5) is 23.8. The third-order valence-electron chi connectivity index (χ3n) is 1.94. The third kappa shape index (κ3) is 3.20. The number of oxime groups is 1. The predicted octanol–water partition coefficient (Wildman–Crippen LogP) is 1.67. The van der Waals surface area contributed by atoms with Crippen molar-refractivity contribution in [2.45, 2.75) is 0 Å². The minimum atomic E-state index is -0.539. The van der Waals surface area contributed by atoms with E-state index in [2.05, 4.69) is 15.1 Å². The molecule has 0 unspecified atom stereocenters. The van der Waals surface area contributed by atoms with Crippen LogP contribution in [0.3, 0.4) is 0 Å². The predicted molar refractivity (Wildman–Crippen MR) is 61.5 cm³/mol. The Morgan fingerprint density at radius 2 is 2.00 bits per heavy atom. The number of nitrogens with zero attached hydrogens (tertiary/aromatic N) is 3. The Hall–Kier alpha value is -2.56. The molecule has 0 aromatic carbocycles. The van der Waals surface area contributed by atoms with Gasteiger partial charge >= 0.3 is 5.97 Å². The van der Waals surface area contributed by atoms with Gasteiger partial charge < -0.3 is 4.84 Å². The van der Waals surface area contributed by atoms with Crippen LogP contribution in [0.25, 0.3) is 0 Å². The van der Waals surface area contributed by atoms with Gasteiger partial charge in [0.2, 0.25) is 0 Å². The molecule has 0 amide bonds. The molecule has 0 bridgehead atoms. The van der Waals surface area contributed by atoms with Gasteiger partial charge in [0.15, 0.2) is 0 Å². The maximum absolute atomic E-state index is 11.4. The second-order valence-electron chi connectivity index (χ2n) is 3.14. The summed E-state index contributed by atoms with van der Waals surface area (Å²) >= 11 is 0. The fourth-order valence-electron chi connectivity index (χ4n) is 1.12. The van der Waals surface area contributed by atoms with Crippen molar-refractivity contribution in [1.82, 2.24) is 9.97 Å². The van der Waals surface area contributed by atoms with Crippen molar-refractivity contribution < 1.29 is 9.63 Å². The third-order valence-corrected chi connectivity index (χ3v) is 1.94. The van der Waals surface area contributed by atoms with Crippen molar-refractivity contribution in [2.24, 2.45) is 5.16 Å². The Labute approximate surface area is 97.8 Å². The van der Waals surface area contributed by atoms with Gasteiger partial charge in [-0.2, -0.15) is 0 Å². The number of carbonyl (C=O) groups excluding carboxylic acids is 1. The highest BCUT2D eigenvalue weighted by Crippen LogP contribution is 1.99. The van der Waals surface area contributed by atoms with E-state index in [-0.39, 0.29) is 0 Å². The molecule has 17 heavy (non-hydrogen) atoms. The number of aromatic nitrogens is 2. The van der Waals surface area contributed by atoms with Crippen LogP contribution in [-0.4, -0.2) is 22.2 Å². The summed E-state index contributed by atoms with van der Waals surface area (Å²) in [7, 11) is 0. The Bertz CT molecular complexity index is 512. The van der Waals surface area contributed by atoms with E-state index in [1.807, 2.05) is 0 Å². The molecule has 2 aromatic rings. The highest BCUT2D eigenvalue weighted by Gasteiger charge is 2.05. The zero-order chi connectivity index (χ0) is 11.9. The lowest BCUT2D eigenvalue weighted by molar-refractivity contribution is 0.0518. The molecule has 5 heteroatoms. The monoisotopic (exact) mass is 227 g/mol. The molecule has 5 nitrogen and oxygen atoms in total. The van der Waals surface area contributed by atoms with E-state index < -0.39 is 5.97 Å². The zero-order valence-electron chi connectivity index (χ0n) is 8.85. The summed E-state index contributed by atoms with van der Waals surface area (Å²) in [6.45, 7) is 0. The lowest BCUT2D eigenvalue weighted by atomic mass is 10.3. The molecule has 0 aliphatic rings. The molecule has 0 aliphatic heterocycles. The van der Waals surface area contributed by atoms with Gasteiger partial charge in [-0.05, 0) is 29.8 Å². The van der Waals surface area contributed by atoms with Crippen LogP contribution in [0.1, 0.15) is 15.9 Å². The SMILES string of the molecule is O=C(O/N=C/c1ccncc1)c1cccnc1. The first kappa shape index (κ1) is 10.9. The van der Waals surface area contributed by atoms with E-state index in [0.717, 1.165) is 5.56 Å². The van der Waals surface area contributed by atoms with Crippen molar-refractivity contribution >= 4 is 12.2 Å². The number of hydrogen-bond acceptors (Lipinski definition) is 5. The Morgan fingerprint density at radius 1 is 1.18 bits per heavy atom. The Morgan fingerprint density at radius 3 is 2.71 bits per heavy atom. The quantitative estimate of drug-likeness (QED) is 0.454. The molecule has 0 spiro atoms. The van der Waals surface area contributed by atoms with Crippen molar-refractivity contribution in [2.75, 3.05) is 0 Å². The van der Waals surface area contributed by atoms with Crippen molar-refractivity contribution in [3.05, 3.63) is 60.2 Å². The normalized spacial score (nSPS) is 10.4. The van der Waals surface area contributed by atoms with E-state index >= 15 is 0 Å². The van der Waals surface area contributed by atoms with Gasteiger partial charge in [-0.25, -0.2) is 4.79 Å². The minimum Gasteiger partial charge on any atom is -0.313 e. The van der Waals surface area contributed by atoms with E-state index in [1.54, 1.807) is 42.9 Å². The lowest BCUT2D eigenvalue weighted by Crippen LogP contribution is -2.01. The van der Waals surface area contributed by atoms with Crippen LogP contribution in [0, 0.1) is 0 Å². The van der Waals surface area contributed by atoms with E-state index in [9.17, 15) is 4.79 Å². The van der Waals surface area contributed by atoms with E-state index in [1.165, 1.54) is 12.4 Å². The van der Waals surface area contributed by atoms with Gasteiger partial charge in [0.05, 0.1) is 11.8 Å². The van der Waals surface area contributed by atoms with E-state index in [0.29, 0.717) is 5.56 Å². The first-order valence-electron chi connectivity index (χ1n) is 4.91. The lowest BCUT2D eigenvalue weighted by Gasteiger charge is -1.96. The van der Waals surface area contributed by atoms with Crippen LogP contribution in [0.5, 0.6) is 0 Å². The second kappa shape index (κ2) is 5.50. The maximum atomic E-state index is 11.4. The number of pyridine rings is 2. The average molecular weight is 227 g/mol. The fourth-order valence-corrected chi connectivity index (χ4v) is 1.12. The summed E-state index contributed by atoms with van der Waals surface area (Å²) in [5.41, 5.74) is 1.17. The molecule has 2 rings (SSSR count). The van der Waals surface area contributed by atoms with Crippen LogP contribution in [0.15, 0.2) is 54.2 Å². The van der Waals surface area contributed by atoms with E-state index in [4.69, 9.17) is 4.84 Å². The van der Waals surface area contributed by atoms with Crippen LogP contribution in [0.4, 0.5) is 0 Å². The summed E-state index contributed by atoms with van der Waals surface area (Å²) in [5, 5.41) is 3.59. The summed E-state index contributed by atoms with van der Waals surface area (Å²) < 4.78 is 0. The van der Waals surface area contributed by atoms with Gasteiger partial charge in [-0.1, -0.05) is 5.16 Å². The van der Waals surface area contributed by atoms with Gasteiger partial charge in [0, 0.05) is 24.8 Å². The van der Waals surface area contributed by atoms with Gasteiger partial charge in [0.25, 0.3) is 0 Å². The second-order valence-corrected chi connectivity index (χ2v) is 3.14. The molecule has 2 aromatic heterocycles. The van der Waals surface area contributed by atoms with Crippen molar-refractivity contribution in [3.8, 4) is 0 Å². The molecule has 0 saturated carbocycles. The van der Waals surface area contributed by atoms with Crippen LogP contribution < -0.4 is 0 Å². The van der Waals surface area contributed by atoms with Gasteiger partial charge in [0.1, 0.15) is 0 Å². The topological polar surface area (TPSA) is 64.4 Å². The summed E-state index contributed by atoms with van der Waals surface area (Å²) in [5.74, 6) is -0.539.